The maximum Gasteiger partial charge on any atom is 0.0308 e. The summed E-state index contributed by atoms with van der Waals surface area (Å²) in [6.07, 6.45) is 4.74. The fourth-order valence-electron chi connectivity index (χ4n) is 7.24. The monoisotopic (exact) mass is 536 g/mol. The Labute approximate surface area is 247 Å². The van der Waals surface area contributed by atoms with Gasteiger partial charge in [-0.05, 0) is 89.8 Å². The predicted molar refractivity (Wildman–Crippen MR) is 181 cm³/mol. The molecule has 0 aromatic heterocycles. The fourth-order valence-corrected chi connectivity index (χ4v) is 7.24. The number of allylic oxidation sites excluding steroid dienone is 1. The number of rotatable bonds is 5. The zero-order chi connectivity index (χ0) is 28.0. The molecule has 1 unspecified atom stereocenters. The van der Waals surface area contributed by atoms with Crippen LogP contribution in [-0.2, 0) is 0 Å². The van der Waals surface area contributed by atoms with E-state index in [0.717, 1.165) is 12.8 Å². The van der Waals surface area contributed by atoms with Crippen molar-refractivity contribution >= 4 is 38.4 Å². The molecule has 0 aliphatic heterocycles. The summed E-state index contributed by atoms with van der Waals surface area (Å²) in [6, 6.07) is 51.7. The molecular weight excluding hydrogens is 504 g/mol. The summed E-state index contributed by atoms with van der Waals surface area (Å²) in [5.41, 5.74) is 10.9. The van der Waals surface area contributed by atoms with Crippen molar-refractivity contribution in [3.63, 3.8) is 0 Å². The van der Waals surface area contributed by atoms with E-state index < -0.39 is 0 Å². The number of hydrogen-bond acceptors (Lipinski definition) is 0. The van der Waals surface area contributed by atoms with Crippen LogP contribution in [0.15, 0.2) is 145 Å². The van der Waals surface area contributed by atoms with Gasteiger partial charge in [0.05, 0.1) is 0 Å². The third kappa shape index (κ3) is 3.98. The van der Waals surface area contributed by atoms with E-state index >= 15 is 0 Å². The highest BCUT2D eigenvalue weighted by Gasteiger charge is 2.27. The lowest BCUT2D eigenvalue weighted by Crippen LogP contribution is -2.01. The minimum Gasteiger partial charge on any atom is -0.0651 e. The largest absolute Gasteiger partial charge is 0.0651 e. The topological polar surface area (TPSA) is 0 Å². The van der Waals surface area contributed by atoms with Crippen molar-refractivity contribution in [2.24, 2.45) is 0 Å². The van der Waals surface area contributed by atoms with E-state index in [1.54, 1.807) is 0 Å². The van der Waals surface area contributed by atoms with Gasteiger partial charge in [-0.1, -0.05) is 152 Å². The van der Waals surface area contributed by atoms with E-state index in [1.807, 2.05) is 0 Å². The van der Waals surface area contributed by atoms with Crippen molar-refractivity contribution in [1.82, 2.24) is 0 Å². The second kappa shape index (κ2) is 10.2. The molecule has 200 valence electrons. The number of fused-ring (bicyclic) bond motifs is 4. The summed E-state index contributed by atoms with van der Waals surface area (Å²) < 4.78 is 0. The molecule has 0 spiro atoms. The molecule has 0 bridgehead atoms. The molecule has 0 radical (unpaired) electrons. The van der Waals surface area contributed by atoms with E-state index in [1.165, 1.54) is 76.8 Å². The zero-order valence-corrected chi connectivity index (χ0v) is 23.8. The first kappa shape index (κ1) is 24.8. The molecule has 1 aliphatic carbocycles. The van der Waals surface area contributed by atoms with Crippen LogP contribution in [0.1, 0.15) is 42.4 Å². The van der Waals surface area contributed by atoms with Crippen molar-refractivity contribution in [1.29, 1.82) is 0 Å². The van der Waals surface area contributed by atoms with Gasteiger partial charge in [0.1, 0.15) is 0 Å². The average molecular weight is 537 g/mol. The lowest BCUT2D eigenvalue weighted by Gasteiger charge is -2.20. The van der Waals surface area contributed by atoms with Gasteiger partial charge in [0.25, 0.3) is 0 Å². The fraction of sp³-hybridized carbons (Fsp3) is 0.0952. The summed E-state index contributed by atoms with van der Waals surface area (Å²) in [7, 11) is 0. The average Bonchev–Trinajstić information content (AvgIpc) is 3.41. The predicted octanol–water partition coefficient (Wildman–Crippen LogP) is 11.8. The van der Waals surface area contributed by atoms with Crippen LogP contribution in [0.2, 0.25) is 0 Å². The number of hydrogen-bond donors (Lipinski definition) is 0. The summed E-state index contributed by atoms with van der Waals surface area (Å²) >= 11 is 0. The number of benzene rings is 7. The van der Waals surface area contributed by atoms with Gasteiger partial charge < -0.3 is 0 Å². The lowest BCUT2D eigenvalue weighted by molar-refractivity contribution is 0.829. The van der Waals surface area contributed by atoms with Gasteiger partial charge in [-0.15, -0.1) is 0 Å². The molecule has 0 saturated heterocycles. The summed E-state index contributed by atoms with van der Waals surface area (Å²) in [6.45, 7) is 2.28. The SMILES string of the molecule is CCCC1=Cc2cc(-c3c4ccccc4c(-c4ccc5ccccc5c4)c4ccccc34)ccc2C1c1ccccc1. The van der Waals surface area contributed by atoms with Crippen LogP contribution in [0.5, 0.6) is 0 Å². The van der Waals surface area contributed by atoms with Crippen molar-refractivity contribution < 1.29 is 0 Å². The van der Waals surface area contributed by atoms with Crippen LogP contribution in [0, 0.1) is 0 Å². The molecule has 0 N–H and O–H groups in total. The van der Waals surface area contributed by atoms with Crippen molar-refractivity contribution in [3.05, 3.63) is 162 Å². The van der Waals surface area contributed by atoms with Crippen LogP contribution in [0.4, 0.5) is 0 Å². The highest BCUT2D eigenvalue weighted by molar-refractivity contribution is 6.21. The smallest absolute Gasteiger partial charge is 0.0308 e. The summed E-state index contributed by atoms with van der Waals surface area (Å²) in [4.78, 5) is 0. The van der Waals surface area contributed by atoms with Crippen LogP contribution < -0.4 is 0 Å². The first-order valence-electron chi connectivity index (χ1n) is 15.1. The molecule has 0 saturated carbocycles. The van der Waals surface area contributed by atoms with E-state index in [-0.39, 0.29) is 0 Å². The van der Waals surface area contributed by atoms with E-state index in [4.69, 9.17) is 0 Å². The van der Waals surface area contributed by atoms with E-state index in [0.29, 0.717) is 5.92 Å². The zero-order valence-electron chi connectivity index (χ0n) is 23.8. The molecule has 0 fully saturated rings. The van der Waals surface area contributed by atoms with Crippen molar-refractivity contribution in [2.75, 3.05) is 0 Å². The molecular formula is C42H32. The van der Waals surface area contributed by atoms with E-state index in [9.17, 15) is 0 Å². The standard InChI is InChI=1S/C42H32/c1-2-12-31-26-34-27-33(23-24-35(34)40(31)29-14-4-3-5-15-29)42-38-19-10-8-17-36(38)41(37-18-9-11-20-39(37)42)32-22-21-28-13-6-7-16-30(28)25-32/h3-11,13-27,40H,2,12H2,1H3. The van der Waals surface area contributed by atoms with Gasteiger partial charge in [0, 0.05) is 5.92 Å². The van der Waals surface area contributed by atoms with Crippen LogP contribution >= 0.6 is 0 Å². The molecule has 1 atom stereocenters. The Morgan fingerprint density at radius 2 is 1.05 bits per heavy atom. The molecule has 7 aromatic carbocycles. The van der Waals surface area contributed by atoms with Crippen molar-refractivity contribution in [2.45, 2.75) is 25.7 Å². The minimum atomic E-state index is 0.346. The van der Waals surface area contributed by atoms with E-state index in [2.05, 4.69) is 153 Å². The van der Waals surface area contributed by atoms with Gasteiger partial charge in [-0.25, -0.2) is 0 Å². The van der Waals surface area contributed by atoms with Gasteiger partial charge in [-0.2, -0.15) is 0 Å². The Morgan fingerprint density at radius 3 is 1.69 bits per heavy atom. The minimum absolute atomic E-state index is 0.346. The van der Waals surface area contributed by atoms with Crippen molar-refractivity contribution in [3.8, 4) is 22.3 Å². The second-order valence-corrected chi connectivity index (χ2v) is 11.6. The molecule has 0 amide bonds. The first-order valence-corrected chi connectivity index (χ1v) is 15.1. The van der Waals surface area contributed by atoms with Gasteiger partial charge >= 0.3 is 0 Å². The molecule has 0 nitrogen and oxygen atoms in total. The van der Waals surface area contributed by atoms with Crippen LogP contribution in [-0.4, -0.2) is 0 Å². The molecule has 0 heteroatoms. The molecule has 1 aliphatic rings. The Hall–Kier alpha value is -4.94. The quantitative estimate of drug-likeness (QED) is 0.192. The van der Waals surface area contributed by atoms with Gasteiger partial charge in [-0.3, -0.25) is 0 Å². The second-order valence-electron chi connectivity index (χ2n) is 11.6. The third-order valence-electron chi connectivity index (χ3n) is 9.04. The maximum atomic E-state index is 2.47. The Bertz CT molecular complexity index is 2090. The molecule has 0 heterocycles. The normalized spacial score (nSPS) is 14.4. The maximum absolute atomic E-state index is 2.47. The highest BCUT2D eigenvalue weighted by Crippen LogP contribution is 2.47. The summed E-state index contributed by atoms with van der Waals surface area (Å²) in [5.74, 6) is 0.346. The molecule has 42 heavy (non-hydrogen) atoms. The lowest BCUT2D eigenvalue weighted by atomic mass is 9.84. The van der Waals surface area contributed by atoms with Gasteiger partial charge in [0.2, 0.25) is 0 Å². The Morgan fingerprint density at radius 1 is 0.500 bits per heavy atom. The molecule has 8 rings (SSSR count). The molecule has 7 aromatic rings. The Kier molecular flexibility index (Phi) is 6.00. The van der Waals surface area contributed by atoms with Crippen LogP contribution in [0.25, 0.3) is 60.6 Å². The third-order valence-corrected chi connectivity index (χ3v) is 9.04. The summed E-state index contributed by atoms with van der Waals surface area (Å²) in [5, 5.41) is 7.74. The van der Waals surface area contributed by atoms with Crippen LogP contribution in [0.3, 0.4) is 0 Å². The Balaban J connectivity index is 1.37. The van der Waals surface area contributed by atoms with Gasteiger partial charge in [0.15, 0.2) is 0 Å². The highest BCUT2D eigenvalue weighted by atomic mass is 14.3. The first-order chi connectivity index (χ1) is 20.8.